The predicted octanol–water partition coefficient (Wildman–Crippen LogP) is 1.12. The maximum atomic E-state index is 11.9. The highest BCUT2D eigenvalue weighted by molar-refractivity contribution is 5.90. The Balaban J connectivity index is 2.22. The van der Waals surface area contributed by atoms with E-state index < -0.39 is 5.54 Å². The molecule has 0 spiro atoms. The molecule has 1 fully saturated rings. The monoisotopic (exact) mass is 247 g/mol. The summed E-state index contributed by atoms with van der Waals surface area (Å²) >= 11 is 0. The summed E-state index contributed by atoms with van der Waals surface area (Å²) in [6, 6.07) is 8.39. The molecule has 0 aliphatic carbocycles. The molecule has 0 unspecified atom stereocenters. The molecule has 4 nitrogen and oxygen atoms in total. The Hall–Kier alpha value is -1.55. The summed E-state index contributed by atoms with van der Waals surface area (Å²) < 4.78 is 0. The van der Waals surface area contributed by atoms with E-state index in [1.165, 1.54) is 5.56 Å². The zero-order valence-corrected chi connectivity index (χ0v) is 11.3. The van der Waals surface area contributed by atoms with Crippen molar-refractivity contribution in [1.82, 2.24) is 10.6 Å². The zero-order valence-electron chi connectivity index (χ0n) is 11.3. The van der Waals surface area contributed by atoms with Crippen LogP contribution in [0.1, 0.15) is 19.4 Å². The summed E-state index contributed by atoms with van der Waals surface area (Å²) in [5.74, 6) is 0.0908. The molecule has 1 aliphatic heterocycles. The van der Waals surface area contributed by atoms with E-state index in [0.29, 0.717) is 6.54 Å². The van der Waals surface area contributed by atoms with Gasteiger partial charge in [0, 0.05) is 25.3 Å². The Bertz CT molecular complexity index is 425. The summed E-state index contributed by atoms with van der Waals surface area (Å²) in [6.07, 6.45) is 0. The van der Waals surface area contributed by atoms with Gasteiger partial charge in [-0.05, 0) is 38.6 Å². The highest BCUT2D eigenvalue weighted by Gasteiger charge is 2.37. The van der Waals surface area contributed by atoms with Gasteiger partial charge in [-0.15, -0.1) is 0 Å². The lowest BCUT2D eigenvalue weighted by Gasteiger charge is -2.42. The number of nitrogens with one attached hydrogen (secondary N) is 2. The minimum absolute atomic E-state index is 0.0908. The zero-order chi connectivity index (χ0) is 13.2. The normalized spacial score (nSPS) is 18.6. The number of carbonyl (C=O) groups is 1. The van der Waals surface area contributed by atoms with Gasteiger partial charge in [-0.2, -0.15) is 0 Å². The van der Waals surface area contributed by atoms with Crippen molar-refractivity contribution < 1.29 is 4.79 Å². The Kier molecular flexibility index (Phi) is 3.57. The number of carbonyl (C=O) groups excluding carboxylic acids is 1. The topological polar surface area (TPSA) is 44.4 Å². The molecule has 18 heavy (non-hydrogen) atoms. The Morgan fingerprint density at radius 2 is 2.00 bits per heavy atom. The standard InChI is InChI=1S/C14H21N3O/c1-14(2)13(18)16-8-9-17(14)12-6-4-11(5-7-12)10-15-3/h4-7,15H,8-10H2,1-3H3,(H,16,18). The number of hydrogen-bond donors (Lipinski definition) is 2. The third-order valence-electron chi connectivity index (χ3n) is 3.48. The fourth-order valence-electron chi connectivity index (χ4n) is 2.35. The molecular formula is C14H21N3O. The van der Waals surface area contributed by atoms with Crippen molar-refractivity contribution in [2.75, 3.05) is 25.0 Å². The fourth-order valence-corrected chi connectivity index (χ4v) is 2.35. The fraction of sp³-hybridized carbons (Fsp3) is 0.500. The molecule has 0 radical (unpaired) electrons. The van der Waals surface area contributed by atoms with Gasteiger partial charge in [0.2, 0.25) is 5.91 Å². The van der Waals surface area contributed by atoms with Crippen molar-refractivity contribution in [2.45, 2.75) is 25.9 Å². The van der Waals surface area contributed by atoms with E-state index in [-0.39, 0.29) is 5.91 Å². The van der Waals surface area contributed by atoms with Gasteiger partial charge in [0.25, 0.3) is 0 Å². The average molecular weight is 247 g/mol. The highest BCUT2D eigenvalue weighted by Crippen LogP contribution is 2.26. The van der Waals surface area contributed by atoms with Gasteiger partial charge in [-0.3, -0.25) is 4.79 Å². The summed E-state index contributed by atoms with van der Waals surface area (Å²) in [5, 5.41) is 6.04. The van der Waals surface area contributed by atoms with E-state index in [4.69, 9.17) is 0 Å². The van der Waals surface area contributed by atoms with E-state index >= 15 is 0 Å². The van der Waals surface area contributed by atoms with Crippen LogP contribution in [0.4, 0.5) is 5.69 Å². The Morgan fingerprint density at radius 3 is 2.61 bits per heavy atom. The molecular weight excluding hydrogens is 226 g/mol. The van der Waals surface area contributed by atoms with Gasteiger partial charge in [0.05, 0.1) is 0 Å². The van der Waals surface area contributed by atoms with Crippen LogP contribution in [0.5, 0.6) is 0 Å². The van der Waals surface area contributed by atoms with E-state index in [0.717, 1.165) is 18.8 Å². The van der Waals surface area contributed by atoms with Crippen LogP contribution >= 0.6 is 0 Å². The van der Waals surface area contributed by atoms with Crippen LogP contribution in [-0.2, 0) is 11.3 Å². The third-order valence-corrected chi connectivity index (χ3v) is 3.48. The van der Waals surface area contributed by atoms with Gasteiger partial charge in [-0.25, -0.2) is 0 Å². The molecule has 0 saturated carbocycles. The van der Waals surface area contributed by atoms with Gasteiger partial charge in [-0.1, -0.05) is 12.1 Å². The van der Waals surface area contributed by atoms with Crippen LogP contribution < -0.4 is 15.5 Å². The van der Waals surface area contributed by atoms with Crippen LogP contribution in [0.3, 0.4) is 0 Å². The third kappa shape index (κ3) is 2.34. The summed E-state index contributed by atoms with van der Waals surface area (Å²) in [6.45, 7) is 6.35. The average Bonchev–Trinajstić information content (AvgIpc) is 2.34. The molecule has 0 bridgehead atoms. The van der Waals surface area contributed by atoms with Crippen LogP contribution in [0, 0.1) is 0 Å². The van der Waals surface area contributed by atoms with E-state index in [9.17, 15) is 4.79 Å². The lowest BCUT2D eigenvalue weighted by molar-refractivity contribution is -0.126. The predicted molar refractivity (Wildman–Crippen MR) is 73.6 cm³/mol. The minimum atomic E-state index is -0.483. The molecule has 2 N–H and O–H groups in total. The number of benzene rings is 1. The second kappa shape index (κ2) is 4.98. The number of amides is 1. The van der Waals surface area contributed by atoms with Crippen LogP contribution in [0.2, 0.25) is 0 Å². The molecule has 0 aromatic heterocycles. The summed E-state index contributed by atoms with van der Waals surface area (Å²) in [7, 11) is 1.94. The maximum absolute atomic E-state index is 11.9. The SMILES string of the molecule is CNCc1ccc(N2CCNC(=O)C2(C)C)cc1. The smallest absolute Gasteiger partial charge is 0.245 e. The number of anilines is 1. The molecule has 98 valence electrons. The molecule has 1 heterocycles. The molecule has 4 heteroatoms. The number of nitrogens with zero attached hydrogens (tertiary/aromatic N) is 1. The van der Waals surface area contributed by atoms with Crippen molar-refractivity contribution >= 4 is 11.6 Å². The van der Waals surface area contributed by atoms with Crippen molar-refractivity contribution in [3.63, 3.8) is 0 Å². The van der Waals surface area contributed by atoms with Gasteiger partial charge in [0.15, 0.2) is 0 Å². The van der Waals surface area contributed by atoms with Gasteiger partial charge >= 0.3 is 0 Å². The second-order valence-electron chi connectivity index (χ2n) is 5.16. The Morgan fingerprint density at radius 1 is 1.33 bits per heavy atom. The molecule has 2 rings (SSSR count). The van der Waals surface area contributed by atoms with E-state index in [1.54, 1.807) is 0 Å². The van der Waals surface area contributed by atoms with Crippen molar-refractivity contribution in [1.29, 1.82) is 0 Å². The minimum Gasteiger partial charge on any atom is -0.356 e. The number of piperazine rings is 1. The van der Waals surface area contributed by atoms with E-state index in [2.05, 4.69) is 39.8 Å². The van der Waals surface area contributed by atoms with Crippen LogP contribution in [-0.4, -0.2) is 31.6 Å². The number of hydrogen-bond acceptors (Lipinski definition) is 3. The Labute approximate surface area is 108 Å². The molecule has 1 aromatic carbocycles. The largest absolute Gasteiger partial charge is 0.356 e. The highest BCUT2D eigenvalue weighted by atomic mass is 16.2. The maximum Gasteiger partial charge on any atom is 0.245 e. The molecule has 1 saturated heterocycles. The van der Waals surface area contributed by atoms with Crippen LogP contribution in [0.15, 0.2) is 24.3 Å². The van der Waals surface area contributed by atoms with Crippen molar-refractivity contribution in [3.8, 4) is 0 Å². The van der Waals surface area contributed by atoms with Gasteiger partial charge in [0.1, 0.15) is 5.54 Å². The first-order valence-corrected chi connectivity index (χ1v) is 6.35. The molecule has 1 aromatic rings. The quantitative estimate of drug-likeness (QED) is 0.841. The second-order valence-corrected chi connectivity index (χ2v) is 5.16. The van der Waals surface area contributed by atoms with Crippen molar-refractivity contribution in [2.24, 2.45) is 0 Å². The first-order chi connectivity index (χ1) is 8.55. The first kappa shape index (κ1) is 12.9. The summed E-state index contributed by atoms with van der Waals surface area (Å²) in [4.78, 5) is 14.1. The van der Waals surface area contributed by atoms with E-state index in [1.807, 2.05) is 20.9 Å². The summed E-state index contributed by atoms with van der Waals surface area (Å²) in [5.41, 5.74) is 1.87. The van der Waals surface area contributed by atoms with Gasteiger partial charge < -0.3 is 15.5 Å². The first-order valence-electron chi connectivity index (χ1n) is 6.35. The molecule has 1 amide bonds. The number of rotatable bonds is 3. The molecule has 0 atom stereocenters. The lowest BCUT2D eigenvalue weighted by Crippen LogP contribution is -2.62. The van der Waals surface area contributed by atoms with Crippen LogP contribution in [0.25, 0.3) is 0 Å². The van der Waals surface area contributed by atoms with Crippen molar-refractivity contribution in [3.05, 3.63) is 29.8 Å². The lowest BCUT2D eigenvalue weighted by atomic mass is 9.97. The molecule has 1 aliphatic rings.